The zero-order chi connectivity index (χ0) is 17.0. The van der Waals surface area contributed by atoms with Crippen LogP contribution >= 0.6 is 0 Å². The fraction of sp³-hybridized carbons (Fsp3) is 0.263. The molecule has 0 aliphatic heterocycles. The van der Waals surface area contributed by atoms with Gasteiger partial charge in [0.1, 0.15) is 11.9 Å². The molecule has 0 N–H and O–H groups in total. The van der Waals surface area contributed by atoms with Gasteiger partial charge in [0.25, 0.3) is 5.78 Å². The molecular formula is C19H19NO3. The number of allylic oxidation sites excluding steroid dienone is 1. The molecule has 23 heavy (non-hydrogen) atoms. The molecule has 0 saturated carbocycles. The maximum absolute atomic E-state index is 12.2. The van der Waals surface area contributed by atoms with Crippen molar-refractivity contribution in [3.05, 3.63) is 41.7 Å². The second-order valence-electron chi connectivity index (χ2n) is 5.59. The molecular weight excluding hydrogens is 290 g/mol. The third-order valence-electron chi connectivity index (χ3n) is 3.54. The molecule has 2 aromatic rings. The number of benzene rings is 1. The van der Waals surface area contributed by atoms with E-state index >= 15 is 0 Å². The van der Waals surface area contributed by atoms with Crippen molar-refractivity contribution < 1.29 is 14.0 Å². The summed E-state index contributed by atoms with van der Waals surface area (Å²) in [7, 11) is 3.91. The zero-order valence-electron chi connectivity index (χ0n) is 13.6. The highest BCUT2D eigenvalue weighted by atomic mass is 16.3. The average molecular weight is 309 g/mol. The first-order chi connectivity index (χ1) is 10.9. The van der Waals surface area contributed by atoms with E-state index in [2.05, 4.69) is 18.4 Å². The Bertz CT molecular complexity index is 831. The zero-order valence-corrected chi connectivity index (χ0v) is 13.6. The average Bonchev–Trinajstić information content (AvgIpc) is 2.87. The smallest absolute Gasteiger partial charge is 0.271 e. The highest BCUT2D eigenvalue weighted by Gasteiger charge is 2.16. The van der Waals surface area contributed by atoms with Crippen LogP contribution in [0.15, 0.2) is 29.2 Å². The van der Waals surface area contributed by atoms with E-state index in [1.165, 1.54) is 0 Å². The van der Waals surface area contributed by atoms with Crippen molar-refractivity contribution in [2.75, 3.05) is 20.6 Å². The van der Waals surface area contributed by atoms with Crippen molar-refractivity contribution in [2.24, 2.45) is 0 Å². The van der Waals surface area contributed by atoms with Gasteiger partial charge in [-0.05, 0) is 44.6 Å². The fourth-order valence-corrected chi connectivity index (χ4v) is 2.18. The van der Waals surface area contributed by atoms with Crippen molar-refractivity contribution in [2.45, 2.75) is 13.3 Å². The van der Waals surface area contributed by atoms with Crippen LogP contribution in [-0.4, -0.2) is 37.6 Å². The second-order valence-corrected chi connectivity index (χ2v) is 5.59. The van der Waals surface area contributed by atoms with Gasteiger partial charge in [0.15, 0.2) is 5.76 Å². The number of carbonyl (C=O) groups is 2. The molecule has 0 unspecified atom stereocenters. The van der Waals surface area contributed by atoms with Gasteiger partial charge < -0.3 is 9.32 Å². The number of hydrogen-bond donors (Lipinski definition) is 0. The molecule has 1 aromatic heterocycles. The monoisotopic (exact) mass is 309 g/mol. The summed E-state index contributed by atoms with van der Waals surface area (Å²) < 4.78 is 5.63. The number of Topliss-reactive ketones (excluding diaryl/α,β-unsaturated/α-hetero) is 1. The minimum atomic E-state index is -0.326. The molecule has 0 bridgehead atoms. The first kappa shape index (κ1) is 16.7. The normalized spacial score (nSPS) is 10.4. The van der Waals surface area contributed by atoms with Gasteiger partial charge in [-0.15, -0.1) is 0 Å². The number of hydrogen-bond acceptors (Lipinski definition) is 4. The highest BCUT2D eigenvalue weighted by molar-refractivity contribution is 6.11. The molecule has 0 amide bonds. The summed E-state index contributed by atoms with van der Waals surface area (Å²) in [4.78, 5) is 25.0. The number of aryl methyl sites for hydroxylation is 1. The summed E-state index contributed by atoms with van der Waals surface area (Å²) >= 11 is 0. The quantitative estimate of drug-likeness (QED) is 0.280. The topological polar surface area (TPSA) is 50.5 Å². The Kier molecular flexibility index (Phi) is 5.15. The van der Waals surface area contributed by atoms with Crippen LogP contribution in [0.25, 0.3) is 16.5 Å². The lowest BCUT2D eigenvalue weighted by Gasteiger charge is -2.03. The molecule has 0 spiro atoms. The summed E-state index contributed by atoms with van der Waals surface area (Å²) in [6.45, 7) is 6.31. The Morgan fingerprint density at radius 2 is 2.13 bits per heavy atom. The minimum Gasteiger partial charge on any atom is -0.452 e. The van der Waals surface area contributed by atoms with Gasteiger partial charge in [0.05, 0.1) is 0 Å². The second kappa shape index (κ2) is 7.08. The molecule has 0 saturated heterocycles. The molecule has 0 aliphatic carbocycles. The van der Waals surface area contributed by atoms with Gasteiger partial charge in [0.2, 0.25) is 0 Å². The SMILES string of the molecule is C=C(C=O)c1ccc2oc(C(=O)C#CCCN(C)C)c(C)c2c1. The van der Waals surface area contributed by atoms with E-state index in [1.54, 1.807) is 18.2 Å². The lowest BCUT2D eigenvalue weighted by molar-refractivity contribution is -0.103. The van der Waals surface area contributed by atoms with E-state index in [-0.39, 0.29) is 11.5 Å². The molecule has 0 radical (unpaired) electrons. The molecule has 2 rings (SSSR count). The number of nitrogens with zero attached hydrogens (tertiary/aromatic N) is 1. The number of rotatable bonds is 5. The molecule has 4 nitrogen and oxygen atoms in total. The predicted octanol–water partition coefficient (Wildman–Crippen LogP) is 3.09. The van der Waals surface area contributed by atoms with E-state index < -0.39 is 0 Å². The summed E-state index contributed by atoms with van der Waals surface area (Å²) in [6, 6.07) is 5.29. The Balaban J connectivity index is 2.31. The molecule has 0 atom stereocenters. The molecule has 0 aliphatic rings. The highest BCUT2D eigenvalue weighted by Crippen LogP contribution is 2.28. The van der Waals surface area contributed by atoms with Crippen LogP contribution in [0.3, 0.4) is 0 Å². The molecule has 118 valence electrons. The van der Waals surface area contributed by atoms with Crippen molar-refractivity contribution in [3.8, 4) is 11.8 Å². The lowest BCUT2D eigenvalue weighted by atomic mass is 10.0. The fourth-order valence-electron chi connectivity index (χ4n) is 2.18. The number of aldehydes is 1. The van der Waals surface area contributed by atoms with Gasteiger partial charge in [-0.3, -0.25) is 9.59 Å². The van der Waals surface area contributed by atoms with Gasteiger partial charge in [-0.2, -0.15) is 0 Å². The van der Waals surface area contributed by atoms with Crippen molar-refractivity contribution in [3.63, 3.8) is 0 Å². The van der Waals surface area contributed by atoms with Gasteiger partial charge in [-0.25, -0.2) is 0 Å². The Morgan fingerprint density at radius 1 is 1.39 bits per heavy atom. The van der Waals surface area contributed by atoms with Crippen LogP contribution < -0.4 is 0 Å². The minimum absolute atomic E-state index is 0.256. The van der Waals surface area contributed by atoms with Gasteiger partial charge in [-0.1, -0.05) is 18.6 Å². The summed E-state index contributed by atoms with van der Waals surface area (Å²) in [6.07, 6.45) is 1.33. The van der Waals surface area contributed by atoms with Crippen LogP contribution in [0.5, 0.6) is 0 Å². The van der Waals surface area contributed by atoms with Crippen LogP contribution in [-0.2, 0) is 4.79 Å². The van der Waals surface area contributed by atoms with Crippen LogP contribution in [0.2, 0.25) is 0 Å². The van der Waals surface area contributed by atoms with Crippen molar-refractivity contribution in [1.29, 1.82) is 0 Å². The van der Waals surface area contributed by atoms with Crippen molar-refractivity contribution >= 4 is 28.6 Å². The van der Waals surface area contributed by atoms with E-state index in [4.69, 9.17) is 4.42 Å². The predicted molar refractivity (Wildman–Crippen MR) is 91.3 cm³/mol. The summed E-state index contributed by atoms with van der Waals surface area (Å²) in [5.74, 6) is 5.42. The number of furan rings is 1. The Labute approximate surface area is 135 Å². The first-order valence-electron chi connectivity index (χ1n) is 7.29. The molecule has 1 heterocycles. The molecule has 4 heteroatoms. The van der Waals surface area contributed by atoms with E-state index in [1.807, 2.05) is 25.9 Å². The number of carbonyl (C=O) groups excluding carboxylic acids is 2. The van der Waals surface area contributed by atoms with E-state index in [0.29, 0.717) is 29.4 Å². The Hall–Kier alpha value is -2.64. The summed E-state index contributed by atoms with van der Waals surface area (Å²) in [5.41, 5.74) is 2.44. The van der Waals surface area contributed by atoms with Gasteiger partial charge in [0, 0.05) is 29.5 Å². The largest absolute Gasteiger partial charge is 0.452 e. The molecule has 1 aromatic carbocycles. The third-order valence-corrected chi connectivity index (χ3v) is 3.54. The van der Waals surface area contributed by atoms with Crippen molar-refractivity contribution in [1.82, 2.24) is 4.90 Å². The Morgan fingerprint density at radius 3 is 2.78 bits per heavy atom. The van der Waals surface area contributed by atoms with Gasteiger partial charge >= 0.3 is 0 Å². The lowest BCUT2D eigenvalue weighted by Crippen LogP contribution is -2.12. The van der Waals surface area contributed by atoms with Crippen LogP contribution in [0.4, 0.5) is 0 Å². The van der Waals surface area contributed by atoms with E-state index in [9.17, 15) is 9.59 Å². The number of fused-ring (bicyclic) bond motifs is 1. The number of ketones is 1. The first-order valence-corrected chi connectivity index (χ1v) is 7.29. The third kappa shape index (κ3) is 3.77. The summed E-state index contributed by atoms with van der Waals surface area (Å²) in [5, 5.41) is 0.795. The van der Waals surface area contributed by atoms with E-state index in [0.717, 1.165) is 17.5 Å². The maximum atomic E-state index is 12.2. The maximum Gasteiger partial charge on any atom is 0.271 e. The standard InChI is InChI=1S/C19H19NO3/c1-13(12-21)15-8-9-18-16(11-15)14(2)19(23-18)17(22)7-5-6-10-20(3)4/h8-9,11-12H,1,6,10H2,2-4H3. The van der Waals surface area contributed by atoms with Crippen LogP contribution in [0.1, 0.15) is 28.1 Å². The molecule has 0 fully saturated rings. The van der Waals surface area contributed by atoms with Crippen LogP contribution in [0, 0.1) is 18.8 Å².